The summed E-state index contributed by atoms with van der Waals surface area (Å²) < 4.78 is 7.13. The number of benzene rings is 2. The van der Waals surface area contributed by atoms with Gasteiger partial charge < -0.3 is 10.1 Å². The third-order valence-electron chi connectivity index (χ3n) is 3.32. The van der Waals surface area contributed by atoms with Crippen LogP contribution in [0.25, 0.3) is 5.69 Å². The largest absolute Gasteiger partial charge is 0.494 e. The van der Waals surface area contributed by atoms with Crippen molar-refractivity contribution < 1.29 is 9.53 Å². The van der Waals surface area contributed by atoms with Crippen LogP contribution >= 0.6 is 0 Å². The van der Waals surface area contributed by atoms with Gasteiger partial charge in [0.05, 0.1) is 12.3 Å². The second-order valence-corrected chi connectivity index (χ2v) is 4.91. The van der Waals surface area contributed by atoms with E-state index in [0.29, 0.717) is 12.2 Å². The van der Waals surface area contributed by atoms with Crippen LogP contribution < -0.4 is 10.1 Å². The molecule has 1 aromatic heterocycles. The molecule has 116 valence electrons. The van der Waals surface area contributed by atoms with Crippen molar-refractivity contribution in [2.75, 3.05) is 11.9 Å². The first-order chi connectivity index (χ1) is 11.3. The Morgan fingerprint density at radius 1 is 1.13 bits per heavy atom. The first-order valence-electron chi connectivity index (χ1n) is 7.40. The monoisotopic (exact) mass is 307 g/mol. The number of anilines is 1. The van der Waals surface area contributed by atoms with Gasteiger partial charge in [-0.05, 0) is 61.5 Å². The fourth-order valence-corrected chi connectivity index (χ4v) is 2.19. The molecule has 0 unspecified atom stereocenters. The smallest absolute Gasteiger partial charge is 0.255 e. The summed E-state index contributed by atoms with van der Waals surface area (Å²) in [5, 5.41) is 7.04. The van der Waals surface area contributed by atoms with E-state index in [0.717, 1.165) is 17.1 Å². The molecule has 5 nitrogen and oxygen atoms in total. The SMILES string of the molecule is CCOc1ccc(C(=O)Nc2ccc(-n3cccn3)cc2)cc1. The molecule has 23 heavy (non-hydrogen) atoms. The Bertz CT molecular complexity index is 763. The zero-order chi connectivity index (χ0) is 16.1. The summed E-state index contributed by atoms with van der Waals surface area (Å²) in [6.07, 6.45) is 3.59. The molecule has 0 saturated carbocycles. The lowest BCUT2D eigenvalue weighted by Crippen LogP contribution is -2.11. The summed E-state index contributed by atoms with van der Waals surface area (Å²) in [4.78, 5) is 12.2. The van der Waals surface area contributed by atoms with Crippen molar-refractivity contribution in [1.29, 1.82) is 0 Å². The highest BCUT2D eigenvalue weighted by molar-refractivity contribution is 6.04. The van der Waals surface area contributed by atoms with Crippen molar-refractivity contribution in [2.24, 2.45) is 0 Å². The Morgan fingerprint density at radius 3 is 2.48 bits per heavy atom. The molecule has 1 amide bonds. The molecule has 3 rings (SSSR count). The lowest BCUT2D eigenvalue weighted by atomic mass is 10.2. The molecular formula is C18H17N3O2. The van der Waals surface area contributed by atoms with Gasteiger partial charge in [-0.25, -0.2) is 4.68 Å². The predicted octanol–water partition coefficient (Wildman–Crippen LogP) is 3.52. The third kappa shape index (κ3) is 3.58. The van der Waals surface area contributed by atoms with E-state index in [-0.39, 0.29) is 5.91 Å². The molecule has 0 saturated heterocycles. The molecule has 0 spiro atoms. The molecule has 0 bridgehead atoms. The second-order valence-electron chi connectivity index (χ2n) is 4.91. The van der Waals surface area contributed by atoms with E-state index in [2.05, 4.69) is 10.4 Å². The van der Waals surface area contributed by atoms with Gasteiger partial charge in [0.25, 0.3) is 5.91 Å². The molecule has 0 radical (unpaired) electrons. The summed E-state index contributed by atoms with van der Waals surface area (Å²) in [5.74, 6) is 0.604. The number of carbonyl (C=O) groups excluding carboxylic acids is 1. The van der Waals surface area contributed by atoms with Gasteiger partial charge in [0, 0.05) is 23.6 Å². The highest BCUT2D eigenvalue weighted by Gasteiger charge is 2.06. The van der Waals surface area contributed by atoms with Crippen LogP contribution in [0.2, 0.25) is 0 Å². The van der Waals surface area contributed by atoms with Crippen molar-refractivity contribution in [2.45, 2.75) is 6.92 Å². The average molecular weight is 307 g/mol. The maximum atomic E-state index is 12.2. The van der Waals surface area contributed by atoms with Crippen LogP contribution in [0.1, 0.15) is 17.3 Å². The van der Waals surface area contributed by atoms with Crippen LogP contribution in [-0.4, -0.2) is 22.3 Å². The van der Waals surface area contributed by atoms with E-state index in [9.17, 15) is 4.79 Å². The van der Waals surface area contributed by atoms with Crippen LogP contribution in [-0.2, 0) is 0 Å². The highest BCUT2D eigenvalue weighted by Crippen LogP contribution is 2.16. The van der Waals surface area contributed by atoms with Gasteiger partial charge in [0.2, 0.25) is 0 Å². The number of rotatable bonds is 5. The Hall–Kier alpha value is -3.08. The maximum absolute atomic E-state index is 12.2. The minimum Gasteiger partial charge on any atom is -0.494 e. The summed E-state index contributed by atoms with van der Waals surface area (Å²) in [5.41, 5.74) is 2.26. The molecule has 0 aliphatic heterocycles. The van der Waals surface area contributed by atoms with Gasteiger partial charge in [0.1, 0.15) is 5.75 Å². The molecule has 0 fully saturated rings. The third-order valence-corrected chi connectivity index (χ3v) is 3.32. The highest BCUT2D eigenvalue weighted by atomic mass is 16.5. The lowest BCUT2D eigenvalue weighted by Gasteiger charge is -2.08. The standard InChI is InChI=1S/C18H17N3O2/c1-2-23-17-10-4-14(5-11-17)18(22)20-15-6-8-16(9-7-15)21-13-3-12-19-21/h3-13H,2H2,1H3,(H,20,22). The summed E-state index contributed by atoms with van der Waals surface area (Å²) >= 11 is 0. The Balaban J connectivity index is 1.67. The van der Waals surface area contributed by atoms with E-state index in [4.69, 9.17) is 4.74 Å². The number of ether oxygens (including phenoxy) is 1. The molecule has 0 aliphatic carbocycles. The first kappa shape index (κ1) is 14.8. The molecule has 0 atom stereocenters. The normalized spacial score (nSPS) is 10.3. The molecule has 0 aliphatic rings. The number of nitrogens with zero attached hydrogens (tertiary/aromatic N) is 2. The molecule has 5 heteroatoms. The fourth-order valence-electron chi connectivity index (χ4n) is 2.19. The Labute approximate surface area is 134 Å². The summed E-state index contributed by atoms with van der Waals surface area (Å²) in [7, 11) is 0. The first-order valence-corrected chi connectivity index (χ1v) is 7.40. The van der Waals surface area contributed by atoms with E-state index in [1.165, 1.54) is 0 Å². The molecule has 1 N–H and O–H groups in total. The number of hydrogen-bond acceptors (Lipinski definition) is 3. The number of hydrogen-bond donors (Lipinski definition) is 1. The zero-order valence-corrected chi connectivity index (χ0v) is 12.8. The van der Waals surface area contributed by atoms with E-state index >= 15 is 0 Å². The van der Waals surface area contributed by atoms with Gasteiger partial charge >= 0.3 is 0 Å². The minimum atomic E-state index is -0.153. The van der Waals surface area contributed by atoms with Gasteiger partial charge in [0.15, 0.2) is 0 Å². The van der Waals surface area contributed by atoms with Gasteiger partial charge in [-0.1, -0.05) is 0 Å². The predicted molar refractivity (Wildman–Crippen MR) is 89.1 cm³/mol. The van der Waals surface area contributed by atoms with Crippen molar-refractivity contribution in [3.8, 4) is 11.4 Å². The molecule has 2 aromatic carbocycles. The van der Waals surface area contributed by atoms with E-state index in [1.54, 1.807) is 35.1 Å². The topological polar surface area (TPSA) is 56.1 Å². The molecular weight excluding hydrogens is 290 g/mol. The van der Waals surface area contributed by atoms with Crippen LogP contribution in [0.4, 0.5) is 5.69 Å². The number of carbonyl (C=O) groups is 1. The quantitative estimate of drug-likeness (QED) is 0.784. The van der Waals surface area contributed by atoms with E-state index < -0.39 is 0 Å². The van der Waals surface area contributed by atoms with Crippen LogP contribution in [0.15, 0.2) is 67.0 Å². The molecule has 1 heterocycles. The van der Waals surface area contributed by atoms with Crippen molar-refractivity contribution in [3.63, 3.8) is 0 Å². The maximum Gasteiger partial charge on any atom is 0.255 e. The van der Waals surface area contributed by atoms with Gasteiger partial charge in [-0.15, -0.1) is 0 Å². The fraction of sp³-hybridized carbons (Fsp3) is 0.111. The van der Waals surface area contributed by atoms with Crippen molar-refractivity contribution >= 4 is 11.6 Å². The lowest BCUT2D eigenvalue weighted by molar-refractivity contribution is 0.102. The van der Waals surface area contributed by atoms with Crippen LogP contribution in [0.5, 0.6) is 5.75 Å². The van der Waals surface area contributed by atoms with Crippen LogP contribution in [0, 0.1) is 0 Å². The second kappa shape index (κ2) is 6.79. The Kier molecular flexibility index (Phi) is 4.38. The number of amides is 1. The number of aromatic nitrogens is 2. The summed E-state index contributed by atoms with van der Waals surface area (Å²) in [6.45, 7) is 2.53. The average Bonchev–Trinajstić information content (AvgIpc) is 3.11. The van der Waals surface area contributed by atoms with Crippen molar-refractivity contribution in [3.05, 3.63) is 72.6 Å². The summed E-state index contributed by atoms with van der Waals surface area (Å²) in [6, 6.07) is 16.4. The van der Waals surface area contributed by atoms with Gasteiger partial charge in [-0.3, -0.25) is 4.79 Å². The number of nitrogens with one attached hydrogen (secondary N) is 1. The van der Waals surface area contributed by atoms with Crippen LogP contribution in [0.3, 0.4) is 0 Å². The van der Waals surface area contributed by atoms with E-state index in [1.807, 2.05) is 43.5 Å². The minimum absolute atomic E-state index is 0.153. The Morgan fingerprint density at radius 2 is 1.87 bits per heavy atom. The van der Waals surface area contributed by atoms with Gasteiger partial charge in [-0.2, -0.15) is 5.10 Å². The molecule has 3 aromatic rings. The van der Waals surface area contributed by atoms with Crippen molar-refractivity contribution in [1.82, 2.24) is 9.78 Å². The zero-order valence-electron chi connectivity index (χ0n) is 12.8.